The highest BCUT2D eigenvalue weighted by molar-refractivity contribution is 6.17. The van der Waals surface area contributed by atoms with Gasteiger partial charge in [0.05, 0.1) is 6.54 Å². The van der Waals surface area contributed by atoms with E-state index in [1.54, 1.807) is 0 Å². The van der Waals surface area contributed by atoms with E-state index < -0.39 is 11.5 Å². The van der Waals surface area contributed by atoms with Gasteiger partial charge in [-0.15, -0.1) is 11.6 Å². The van der Waals surface area contributed by atoms with Gasteiger partial charge in [0.2, 0.25) is 0 Å². The maximum Gasteiger partial charge on any atom is 0.136 e. The van der Waals surface area contributed by atoms with Crippen LogP contribution >= 0.6 is 11.6 Å². The molecule has 0 aromatic heterocycles. The third kappa shape index (κ3) is 1.90. The number of carboxylic acid groups (broad SMARTS) is 1. The molecule has 0 aromatic carbocycles. The SMILES string of the molecule is O=C([O-])C1(CCCCl)CCC[NH2+]1. The van der Waals surface area contributed by atoms with E-state index in [0.717, 1.165) is 25.8 Å². The molecule has 1 aliphatic heterocycles. The summed E-state index contributed by atoms with van der Waals surface area (Å²) in [6, 6.07) is 0. The van der Waals surface area contributed by atoms with Crippen molar-refractivity contribution in [1.29, 1.82) is 0 Å². The minimum Gasteiger partial charge on any atom is -0.544 e. The van der Waals surface area contributed by atoms with Gasteiger partial charge in [0, 0.05) is 25.1 Å². The van der Waals surface area contributed by atoms with Crippen molar-refractivity contribution >= 4 is 17.6 Å². The minimum atomic E-state index is -0.926. The molecule has 1 saturated heterocycles. The number of carbonyl (C=O) groups is 1. The Kier molecular flexibility index (Phi) is 3.35. The van der Waals surface area contributed by atoms with Gasteiger partial charge in [0.1, 0.15) is 11.5 Å². The van der Waals surface area contributed by atoms with Crippen LogP contribution in [0.5, 0.6) is 0 Å². The molecule has 1 atom stereocenters. The molecular weight excluding hydrogens is 178 g/mol. The summed E-state index contributed by atoms with van der Waals surface area (Å²) in [6.07, 6.45) is 3.09. The number of carboxylic acids is 1. The fourth-order valence-corrected chi connectivity index (χ4v) is 1.93. The first kappa shape index (κ1) is 9.81. The average molecular weight is 192 g/mol. The van der Waals surface area contributed by atoms with Crippen LogP contribution in [0.4, 0.5) is 0 Å². The lowest BCUT2D eigenvalue weighted by Gasteiger charge is -2.26. The molecule has 1 unspecified atom stereocenters. The van der Waals surface area contributed by atoms with Crippen LogP contribution in [-0.2, 0) is 4.79 Å². The molecule has 0 aromatic rings. The normalized spacial score (nSPS) is 29.1. The summed E-state index contributed by atoms with van der Waals surface area (Å²) in [4.78, 5) is 10.8. The highest BCUT2D eigenvalue weighted by Crippen LogP contribution is 2.18. The molecule has 2 N–H and O–H groups in total. The van der Waals surface area contributed by atoms with Crippen LogP contribution in [0, 0.1) is 0 Å². The van der Waals surface area contributed by atoms with Gasteiger partial charge in [0.15, 0.2) is 0 Å². The molecule has 70 valence electrons. The van der Waals surface area contributed by atoms with Crippen LogP contribution in [0.15, 0.2) is 0 Å². The van der Waals surface area contributed by atoms with Crippen LogP contribution in [0.1, 0.15) is 25.7 Å². The Balaban J connectivity index is 2.53. The van der Waals surface area contributed by atoms with Gasteiger partial charge in [-0.2, -0.15) is 0 Å². The van der Waals surface area contributed by atoms with Crippen molar-refractivity contribution in [2.45, 2.75) is 31.2 Å². The van der Waals surface area contributed by atoms with E-state index in [2.05, 4.69) is 0 Å². The number of rotatable bonds is 4. The molecule has 1 rings (SSSR count). The van der Waals surface area contributed by atoms with E-state index in [1.807, 2.05) is 5.32 Å². The molecule has 1 heterocycles. The van der Waals surface area contributed by atoms with Gasteiger partial charge < -0.3 is 15.2 Å². The van der Waals surface area contributed by atoms with E-state index in [-0.39, 0.29) is 0 Å². The highest BCUT2D eigenvalue weighted by Gasteiger charge is 2.38. The number of hydrogen-bond donors (Lipinski definition) is 1. The molecule has 1 fully saturated rings. The number of alkyl halides is 1. The van der Waals surface area contributed by atoms with Crippen LogP contribution in [-0.4, -0.2) is 23.9 Å². The summed E-state index contributed by atoms with van der Waals surface area (Å²) >= 11 is 5.52. The van der Waals surface area contributed by atoms with E-state index in [1.165, 1.54) is 0 Å². The second kappa shape index (κ2) is 4.10. The Morgan fingerprint density at radius 3 is 2.83 bits per heavy atom. The Morgan fingerprint density at radius 1 is 1.67 bits per heavy atom. The van der Waals surface area contributed by atoms with Crippen LogP contribution in [0.3, 0.4) is 0 Å². The van der Waals surface area contributed by atoms with E-state index in [9.17, 15) is 9.90 Å². The van der Waals surface area contributed by atoms with Gasteiger partial charge in [-0.25, -0.2) is 0 Å². The molecule has 0 radical (unpaired) electrons. The molecule has 4 heteroatoms. The number of quaternary nitrogens is 1. The van der Waals surface area contributed by atoms with Gasteiger partial charge in [0.25, 0.3) is 0 Å². The summed E-state index contributed by atoms with van der Waals surface area (Å²) < 4.78 is 0. The van der Waals surface area contributed by atoms with E-state index in [0.29, 0.717) is 12.3 Å². The van der Waals surface area contributed by atoms with Gasteiger partial charge >= 0.3 is 0 Å². The highest BCUT2D eigenvalue weighted by atomic mass is 35.5. The monoisotopic (exact) mass is 191 g/mol. The molecule has 1 aliphatic rings. The zero-order valence-electron chi connectivity index (χ0n) is 7.01. The van der Waals surface area contributed by atoms with Gasteiger partial charge in [-0.05, 0) is 6.42 Å². The maximum atomic E-state index is 10.8. The lowest BCUT2D eigenvalue weighted by atomic mass is 9.92. The summed E-state index contributed by atoms with van der Waals surface area (Å²) in [7, 11) is 0. The summed E-state index contributed by atoms with van der Waals surface area (Å²) in [5.41, 5.74) is -0.658. The summed E-state index contributed by atoms with van der Waals surface area (Å²) in [5, 5.41) is 12.7. The smallest absolute Gasteiger partial charge is 0.136 e. The van der Waals surface area contributed by atoms with Crippen molar-refractivity contribution < 1.29 is 15.2 Å². The largest absolute Gasteiger partial charge is 0.544 e. The topological polar surface area (TPSA) is 56.7 Å². The van der Waals surface area contributed by atoms with Crippen LogP contribution in [0.2, 0.25) is 0 Å². The third-order valence-corrected chi connectivity index (χ3v) is 2.79. The fraction of sp³-hybridized carbons (Fsp3) is 0.875. The van der Waals surface area contributed by atoms with Crippen molar-refractivity contribution in [2.75, 3.05) is 12.4 Å². The number of aliphatic carboxylic acids is 1. The number of halogens is 1. The first-order valence-electron chi connectivity index (χ1n) is 4.33. The number of hydrogen-bond acceptors (Lipinski definition) is 2. The fourth-order valence-electron chi connectivity index (χ4n) is 1.79. The minimum absolute atomic E-state index is 0.531. The first-order chi connectivity index (χ1) is 5.71. The number of nitrogens with two attached hydrogens (primary N) is 1. The van der Waals surface area contributed by atoms with Crippen LogP contribution < -0.4 is 10.4 Å². The van der Waals surface area contributed by atoms with Crippen molar-refractivity contribution in [3.8, 4) is 0 Å². The lowest BCUT2D eigenvalue weighted by Crippen LogP contribution is -2.97. The second-order valence-corrected chi connectivity index (χ2v) is 3.71. The molecule has 3 nitrogen and oxygen atoms in total. The quantitative estimate of drug-likeness (QED) is 0.571. The third-order valence-electron chi connectivity index (χ3n) is 2.53. The van der Waals surface area contributed by atoms with Crippen LogP contribution in [0.25, 0.3) is 0 Å². The lowest BCUT2D eigenvalue weighted by molar-refractivity contribution is -0.701. The van der Waals surface area contributed by atoms with Crippen molar-refractivity contribution in [2.24, 2.45) is 0 Å². The average Bonchev–Trinajstić information content (AvgIpc) is 2.50. The zero-order valence-corrected chi connectivity index (χ0v) is 7.77. The Bertz CT molecular complexity index is 166. The molecular formula is C8H14ClNO2. The molecule has 0 bridgehead atoms. The van der Waals surface area contributed by atoms with E-state index >= 15 is 0 Å². The maximum absolute atomic E-state index is 10.8. The van der Waals surface area contributed by atoms with E-state index in [4.69, 9.17) is 11.6 Å². The molecule has 12 heavy (non-hydrogen) atoms. The summed E-state index contributed by atoms with van der Waals surface area (Å²) in [5.74, 6) is -0.395. The second-order valence-electron chi connectivity index (χ2n) is 3.33. The summed E-state index contributed by atoms with van der Waals surface area (Å²) in [6.45, 7) is 0.899. The predicted octanol–water partition coefficient (Wildman–Crippen LogP) is -1.15. The van der Waals surface area contributed by atoms with Crippen molar-refractivity contribution in [3.63, 3.8) is 0 Å². The zero-order chi connectivity index (χ0) is 9.03. The standard InChI is InChI=1S/C8H14ClNO2/c9-5-1-3-8(7(11)12)4-2-6-10-8/h10H,1-6H2,(H,11,12). The Hall–Kier alpha value is -0.280. The number of carbonyl (C=O) groups excluding carboxylic acids is 1. The van der Waals surface area contributed by atoms with Gasteiger partial charge in [-0.3, -0.25) is 0 Å². The Morgan fingerprint density at radius 2 is 2.42 bits per heavy atom. The van der Waals surface area contributed by atoms with Gasteiger partial charge in [-0.1, -0.05) is 0 Å². The van der Waals surface area contributed by atoms with Crippen molar-refractivity contribution in [1.82, 2.24) is 0 Å². The molecule has 0 aliphatic carbocycles. The predicted molar refractivity (Wildman–Crippen MR) is 43.7 cm³/mol. The van der Waals surface area contributed by atoms with Crippen molar-refractivity contribution in [3.05, 3.63) is 0 Å². The first-order valence-corrected chi connectivity index (χ1v) is 4.86. The molecule has 0 amide bonds. The Labute approximate surface area is 77.1 Å². The molecule has 0 saturated carbocycles. The molecule has 0 spiro atoms.